The van der Waals surface area contributed by atoms with Crippen LogP contribution in [0.15, 0.2) is 24.3 Å². The van der Waals surface area contributed by atoms with Crippen molar-refractivity contribution in [3.63, 3.8) is 0 Å². The third-order valence-corrected chi connectivity index (χ3v) is 2.87. The zero-order valence-electron chi connectivity index (χ0n) is 10.8. The van der Waals surface area contributed by atoms with E-state index in [2.05, 4.69) is 14.8 Å². The molecule has 18 heavy (non-hydrogen) atoms. The third-order valence-electron chi connectivity index (χ3n) is 2.87. The molecule has 0 unspecified atom stereocenters. The topological polar surface area (TPSA) is 66.0 Å². The summed E-state index contributed by atoms with van der Waals surface area (Å²) in [5, 5.41) is 8.36. The SMILES string of the molecule is COc1ccc(-c2nnc(C)n2CCCN)cc1. The van der Waals surface area contributed by atoms with Gasteiger partial charge in [0.05, 0.1) is 7.11 Å². The lowest BCUT2D eigenvalue weighted by atomic mass is 10.2. The number of methoxy groups -OCH3 is 1. The van der Waals surface area contributed by atoms with Crippen LogP contribution in [-0.2, 0) is 6.54 Å². The quantitative estimate of drug-likeness (QED) is 0.870. The highest BCUT2D eigenvalue weighted by Gasteiger charge is 2.10. The molecule has 0 aliphatic carbocycles. The van der Waals surface area contributed by atoms with Crippen molar-refractivity contribution in [3.8, 4) is 17.1 Å². The van der Waals surface area contributed by atoms with Crippen molar-refractivity contribution in [1.29, 1.82) is 0 Å². The zero-order chi connectivity index (χ0) is 13.0. The molecule has 0 saturated heterocycles. The van der Waals surface area contributed by atoms with Crippen LogP contribution >= 0.6 is 0 Å². The van der Waals surface area contributed by atoms with Crippen LogP contribution in [0.2, 0.25) is 0 Å². The number of aryl methyl sites for hydroxylation is 1. The Morgan fingerprint density at radius 3 is 2.56 bits per heavy atom. The minimum absolute atomic E-state index is 0.666. The van der Waals surface area contributed by atoms with Crippen LogP contribution < -0.4 is 10.5 Å². The van der Waals surface area contributed by atoms with E-state index in [1.165, 1.54) is 0 Å². The maximum Gasteiger partial charge on any atom is 0.163 e. The highest BCUT2D eigenvalue weighted by molar-refractivity contribution is 5.56. The van der Waals surface area contributed by atoms with Crippen LogP contribution in [0.3, 0.4) is 0 Å². The van der Waals surface area contributed by atoms with Gasteiger partial charge in [0.1, 0.15) is 11.6 Å². The van der Waals surface area contributed by atoms with E-state index in [1.54, 1.807) is 7.11 Å². The lowest BCUT2D eigenvalue weighted by Gasteiger charge is -2.08. The molecular formula is C13H18N4O. The van der Waals surface area contributed by atoms with Gasteiger partial charge < -0.3 is 15.0 Å². The van der Waals surface area contributed by atoms with Gasteiger partial charge in [0.2, 0.25) is 0 Å². The van der Waals surface area contributed by atoms with Gasteiger partial charge in [-0.2, -0.15) is 0 Å². The molecule has 0 spiro atoms. The van der Waals surface area contributed by atoms with Crippen molar-refractivity contribution in [2.24, 2.45) is 5.73 Å². The molecule has 5 nitrogen and oxygen atoms in total. The number of ether oxygens (including phenoxy) is 1. The molecule has 0 amide bonds. The molecule has 0 fully saturated rings. The zero-order valence-corrected chi connectivity index (χ0v) is 10.8. The second kappa shape index (κ2) is 5.64. The Morgan fingerprint density at radius 2 is 1.94 bits per heavy atom. The van der Waals surface area contributed by atoms with E-state index in [1.807, 2.05) is 31.2 Å². The van der Waals surface area contributed by atoms with Gasteiger partial charge in [-0.15, -0.1) is 10.2 Å². The van der Waals surface area contributed by atoms with Crippen molar-refractivity contribution < 1.29 is 4.74 Å². The van der Waals surface area contributed by atoms with Crippen LogP contribution in [-0.4, -0.2) is 28.4 Å². The second-order valence-corrected chi connectivity index (χ2v) is 4.09. The number of nitrogens with zero attached hydrogens (tertiary/aromatic N) is 3. The molecule has 1 heterocycles. The summed E-state index contributed by atoms with van der Waals surface area (Å²) < 4.78 is 7.24. The molecule has 2 N–H and O–H groups in total. The van der Waals surface area contributed by atoms with E-state index in [0.717, 1.165) is 35.9 Å². The van der Waals surface area contributed by atoms with Gasteiger partial charge in [0.15, 0.2) is 5.82 Å². The number of rotatable bonds is 5. The number of nitrogens with two attached hydrogens (primary N) is 1. The van der Waals surface area contributed by atoms with Crippen molar-refractivity contribution in [1.82, 2.24) is 14.8 Å². The Kier molecular flexibility index (Phi) is 3.94. The third kappa shape index (κ3) is 2.51. The molecule has 2 rings (SSSR count). The van der Waals surface area contributed by atoms with E-state index in [9.17, 15) is 0 Å². The Balaban J connectivity index is 2.31. The molecule has 1 aromatic carbocycles. The van der Waals surface area contributed by atoms with Gasteiger partial charge in [0, 0.05) is 12.1 Å². The standard InChI is InChI=1S/C13H18N4O/c1-10-15-16-13(17(10)9-3-8-14)11-4-6-12(18-2)7-5-11/h4-7H,3,8-9,14H2,1-2H3. The van der Waals surface area contributed by atoms with Crippen LogP contribution in [0.25, 0.3) is 11.4 Å². The highest BCUT2D eigenvalue weighted by atomic mass is 16.5. The summed E-state index contributed by atoms with van der Waals surface area (Å²) >= 11 is 0. The predicted molar refractivity (Wildman–Crippen MR) is 70.4 cm³/mol. The molecule has 5 heteroatoms. The van der Waals surface area contributed by atoms with Crippen LogP contribution in [0, 0.1) is 6.92 Å². The molecule has 0 bridgehead atoms. The summed E-state index contributed by atoms with van der Waals surface area (Å²) in [6, 6.07) is 7.82. The summed E-state index contributed by atoms with van der Waals surface area (Å²) in [4.78, 5) is 0. The molecule has 0 aliphatic heterocycles. The molecule has 0 atom stereocenters. The van der Waals surface area contributed by atoms with E-state index >= 15 is 0 Å². The average molecular weight is 246 g/mol. The average Bonchev–Trinajstić information content (AvgIpc) is 2.78. The van der Waals surface area contributed by atoms with E-state index < -0.39 is 0 Å². The molecule has 96 valence electrons. The van der Waals surface area contributed by atoms with Crippen molar-refractivity contribution in [3.05, 3.63) is 30.1 Å². The Labute approximate surface area is 107 Å². The van der Waals surface area contributed by atoms with E-state index in [-0.39, 0.29) is 0 Å². The van der Waals surface area contributed by atoms with Gasteiger partial charge in [-0.25, -0.2) is 0 Å². The maximum atomic E-state index is 5.55. The first-order valence-corrected chi connectivity index (χ1v) is 6.00. The number of hydrogen-bond donors (Lipinski definition) is 1. The summed E-state index contributed by atoms with van der Waals surface area (Å²) in [5.74, 6) is 2.63. The van der Waals surface area contributed by atoms with Crippen molar-refractivity contribution in [2.75, 3.05) is 13.7 Å². The minimum atomic E-state index is 0.666. The predicted octanol–water partition coefficient (Wildman–Crippen LogP) is 1.61. The maximum absolute atomic E-state index is 5.55. The Hall–Kier alpha value is -1.88. The van der Waals surface area contributed by atoms with Crippen molar-refractivity contribution >= 4 is 0 Å². The first-order valence-electron chi connectivity index (χ1n) is 6.00. The molecule has 0 aliphatic rings. The Bertz CT molecular complexity index is 504. The lowest BCUT2D eigenvalue weighted by molar-refractivity contribution is 0.415. The van der Waals surface area contributed by atoms with Gasteiger partial charge in [-0.05, 0) is 44.2 Å². The second-order valence-electron chi connectivity index (χ2n) is 4.09. The molecule has 1 aromatic heterocycles. The van der Waals surface area contributed by atoms with Gasteiger partial charge >= 0.3 is 0 Å². The first-order chi connectivity index (χ1) is 8.76. The summed E-state index contributed by atoms with van der Waals surface area (Å²) in [7, 11) is 1.66. The molecular weight excluding hydrogens is 228 g/mol. The molecule has 0 radical (unpaired) electrons. The van der Waals surface area contributed by atoms with Crippen molar-refractivity contribution in [2.45, 2.75) is 19.9 Å². The lowest BCUT2D eigenvalue weighted by Crippen LogP contribution is -2.08. The summed E-state index contributed by atoms with van der Waals surface area (Å²) in [6.45, 7) is 3.47. The number of hydrogen-bond acceptors (Lipinski definition) is 4. The summed E-state index contributed by atoms with van der Waals surface area (Å²) in [6.07, 6.45) is 0.919. The summed E-state index contributed by atoms with van der Waals surface area (Å²) in [5.41, 5.74) is 6.59. The fourth-order valence-electron chi connectivity index (χ4n) is 1.85. The normalized spacial score (nSPS) is 10.6. The fraction of sp³-hybridized carbons (Fsp3) is 0.385. The largest absolute Gasteiger partial charge is 0.497 e. The highest BCUT2D eigenvalue weighted by Crippen LogP contribution is 2.21. The Morgan fingerprint density at radius 1 is 1.22 bits per heavy atom. The van der Waals surface area contributed by atoms with E-state index in [0.29, 0.717) is 6.54 Å². The van der Waals surface area contributed by atoms with Crippen LogP contribution in [0.4, 0.5) is 0 Å². The first kappa shape index (κ1) is 12.6. The van der Waals surface area contributed by atoms with Gasteiger partial charge in [-0.1, -0.05) is 0 Å². The molecule has 0 saturated carbocycles. The van der Waals surface area contributed by atoms with Crippen LogP contribution in [0.1, 0.15) is 12.2 Å². The number of aromatic nitrogens is 3. The van der Waals surface area contributed by atoms with Gasteiger partial charge in [0.25, 0.3) is 0 Å². The van der Waals surface area contributed by atoms with E-state index in [4.69, 9.17) is 10.5 Å². The smallest absolute Gasteiger partial charge is 0.163 e. The van der Waals surface area contributed by atoms with Crippen LogP contribution in [0.5, 0.6) is 5.75 Å². The fourth-order valence-corrected chi connectivity index (χ4v) is 1.85. The molecule has 2 aromatic rings. The van der Waals surface area contributed by atoms with Gasteiger partial charge in [-0.3, -0.25) is 0 Å². The minimum Gasteiger partial charge on any atom is -0.497 e. The number of benzene rings is 1. The monoisotopic (exact) mass is 246 g/mol.